The number of benzene rings is 1. The van der Waals surface area contributed by atoms with E-state index in [1.165, 1.54) is 11.1 Å². The third-order valence-electron chi connectivity index (χ3n) is 3.44. The molecule has 0 radical (unpaired) electrons. The van der Waals surface area contributed by atoms with Gasteiger partial charge < -0.3 is 14.9 Å². The van der Waals surface area contributed by atoms with E-state index in [2.05, 4.69) is 26.8 Å². The van der Waals surface area contributed by atoms with Crippen molar-refractivity contribution in [3.05, 3.63) is 29.3 Å². The third-order valence-corrected chi connectivity index (χ3v) is 3.44. The maximum absolute atomic E-state index is 9.66. The molecule has 2 N–H and O–H groups in total. The van der Waals surface area contributed by atoms with Gasteiger partial charge in [0.05, 0.1) is 18.8 Å². The molecule has 0 fully saturated rings. The summed E-state index contributed by atoms with van der Waals surface area (Å²) in [6.45, 7) is 8.76. The molecule has 114 valence electrons. The van der Waals surface area contributed by atoms with Crippen LogP contribution in [0.5, 0.6) is 5.75 Å². The van der Waals surface area contributed by atoms with Gasteiger partial charge in [0, 0.05) is 0 Å². The molecule has 0 aliphatic carbocycles. The Morgan fingerprint density at radius 3 is 2.40 bits per heavy atom. The molecule has 0 amide bonds. The molecule has 1 aromatic rings. The molecule has 3 heteroatoms. The van der Waals surface area contributed by atoms with Gasteiger partial charge in [0.2, 0.25) is 0 Å². The molecule has 3 nitrogen and oxygen atoms in total. The Morgan fingerprint density at radius 2 is 1.85 bits per heavy atom. The predicted octanol–water partition coefficient (Wildman–Crippen LogP) is 3.27. The molecule has 1 aromatic carbocycles. The minimum atomic E-state index is -0.674. The normalized spacial score (nSPS) is 14.3. The second kappa shape index (κ2) is 8.28. The lowest BCUT2D eigenvalue weighted by Crippen LogP contribution is -2.22. The predicted molar refractivity (Wildman–Crippen MR) is 82.3 cm³/mol. The molecule has 0 aliphatic rings. The topological polar surface area (TPSA) is 49.7 Å². The third kappa shape index (κ3) is 5.14. The average Bonchev–Trinajstić information content (AvgIpc) is 2.42. The number of rotatable bonds is 8. The highest BCUT2D eigenvalue weighted by atomic mass is 16.5. The molecule has 0 heterocycles. The van der Waals surface area contributed by atoms with Crippen LogP contribution in [-0.4, -0.2) is 29.0 Å². The van der Waals surface area contributed by atoms with Gasteiger partial charge in [-0.1, -0.05) is 32.9 Å². The van der Waals surface area contributed by atoms with Crippen LogP contribution in [0.15, 0.2) is 18.2 Å². The number of aliphatic hydroxyl groups excluding tert-OH is 2. The average molecular weight is 280 g/mol. The van der Waals surface area contributed by atoms with Crippen molar-refractivity contribution in [3.8, 4) is 5.75 Å². The van der Waals surface area contributed by atoms with Crippen molar-refractivity contribution in [3.63, 3.8) is 0 Å². The molecule has 0 saturated carbocycles. The molecule has 0 aliphatic heterocycles. The Balaban J connectivity index is 2.76. The number of ether oxygens (including phenoxy) is 1. The Hall–Kier alpha value is -1.06. The Labute approximate surface area is 122 Å². The lowest BCUT2D eigenvalue weighted by molar-refractivity contribution is 0.0265. The smallest absolute Gasteiger partial charge is 0.122 e. The summed E-state index contributed by atoms with van der Waals surface area (Å²) in [5, 5.41) is 19.0. The van der Waals surface area contributed by atoms with Crippen LogP contribution in [-0.2, 0) is 6.42 Å². The zero-order valence-corrected chi connectivity index (χ0v) is 13.1. The van der Waals surface area contributed by atoms with Gasteiger partial charge in [-0.2, -0.15) is 0 Å². The second-order valence-corrected chi connectivity index (χ2v) is 5.72. The van der Waals surface area contributed by atoms with E-state index in [4.69, 9.17) is 4.74 Å². The van der Waals surface area contributed by atoms with Crippen LogP contribution in [0.3, 0.4) is 0 Å². The van der Waals surface area contributed by atoms with E-state index in [0.717, 1.165) is 25.2 Å². The van der Waals surface area contributed by atoms with E-state index < -0.39 is 12.2 Å². The molecule has 2 unspecified atom stereocenters. The van der Waals surface area contributed by atoms with Crippen LogP contribution in [0.25, 0.3) is 0 Å². The molecule has 2 atom stereocenters. The van der Waals surface area contributed by atoms with Crippen LogP contribution < -0.4 is 4.74 Å². The first kappa shape index (κ1) is 17.0. The molecule has 1 rings (SSSR count). The van der Waals surface area contributed by atoms with Gasteiger partial charge in [-0.05, 0) is 49.3 Å². The molecular weight excluding hydrogens is 252 g/mol. The first-order valence-corrected chi connectivity index (χ1v) is 7.57. The fourth-order valence-corrected chi connectivity index (χ4v) is 2.10. The zero-order chi connectivity index (χ0) is 15.1. The largest absolute Gasteiger partial charge is 0.493 e. The molecule has 0 spiro atoms. The molecule has 0 bridgehead atoms. The van der Waals surface area contributed by atoms with Gasteiger partial charge in [0.1, 0.15) is 5.75 Å². The summed E-state index contributed by atoms with van der Waals surface area (Å²) < 4.78 is 5.78. The van der Waals surface area contributed by atoms with Crippen molar-refractivity contribution in [1.82, 2.24) is 0 Å². The summed E-state index contributed by atoms with van der Waals surface area (Å²) in [4.78, 5) is 0. The maximum atomic E-state index is 9.66. The summed E-state index contributed by atoms with van der Waals surface area (Å²) in [6.07, 6.45) is 1.00. The van der Waals surface area contributed by atoms with E-state index in [0.29, 0.717) is 12.3 Å². The number of hydrogen-bond donors (Lipinski definition) is 2. The molecule has 0 aromatic heterocycles. The van der Waals surface area contributed by atoms with E-state index >= 15 is 0 Å². The van der Waals surface area contributed by atoms with Crippen LogP contribution in [0.4, 0.5) is 0 Å². The highest BCUT2D eigenvalue weighted by molar-refractivity contribution is 5.39. The SMILES string of the molecule is CCCOc1ccc(CCC(O)C(C)O)cc1C(C)C. The van der Waals surface area contributed by atoms with Gasteiger partial charge in [-0.25, -0.2) is 0 Å². The summed E-state index contributed by atoms with van der Waals surface area (Å²) in [5.41, 5.74) is 2.39. The monoisotopic (exact) mass is 280 g/mol. The quantitative estimate of drug-likeness (QED) is 0.768. The number of aryl methyl sites for hydroxylation is 1. The van der Waals surface area contributed by atoms with E-state index in [9.17, 15) is 10.2 Å². The highest BCUT2D eigenvalue weighted by Crippen LogP contribution is 2.28. The van der Waals surface area contributed by atoms with Gasteiger partial charge in [0.15, 0.2) is 0 Å². The Bertz CT molecular complexity index is 399. The van der Waals surface area contributed by atoms with E-state index in [1.807, 2.05) is 12.1 Å². The van der Waals surface area contributed by atoms with Crippen molar-refractivity contribution in [2.24, 2.45) is 0 Å². The minimum Gasteiger partial charge on any atom is -0.493 e. The van der Waals surface area contributed by atoms with Crippen LogP contribution in [0.1, 0.15) is 57.6 Å². The van der Waals surface area contributed by atoms with Crippen molar-refractivity contribution < 1.29 is 14.9 Å². The molecule has 0 saturated heterocycles. The van der Waals surface area contributed by atoms with Crippen molar-refractivity contribution in [1.29, 1.82) is 0 Å². The Morgan fingerprint density at radius 1 is 1.15 bits per heavy atom. The highest BCUT2D eigenvalue weighted by Gasteiger charge is 2.13. The van der Waals surface area contributed by atoms with E-state index in [-0.39, 0.29) is 0 Å². The van der Waals surface area contributed by atoms with Gasteiger partial charge in [-0.15, -0.1) is 0 Å². The summed E-state index contributed by atoms with van der Waals surface area (Å²) in [6, 6.07) is 6.23. The standard InChI is InChI=1S/C17H28O3/c1-5-10-20-17-9-7-14(11-15(17)12(2)3)6-8-16(19)13(4)18/h7,9,11-13,16,18-19H,5-6,8,10H2,1-4H3. The summed E-state index contributed by atoms with van der Waals surface area (Å²) in [5.74, 6) is 1.37. The van der Waals surface area contributed by atoms with Gasteiger partial charge in [0.25, 0.3) is 0 Å². The first-order chi connectivity index (χ1) is 9.45. The van der Waals surface area contributed by atoms with Crippen LogP contribution in [0.2, 0.25) is 0 Å². The van der Waals surface area contributed by atoms with Gasteiger partial charge in [-0.3, -0.25) is 0 Å². The zero-order valence-electron chi connectivity index (χ0n) is 13.1. The number of hydrogen-bond acceptors (Lipinski definition) is 3. The molecular formula is C17H28O3. The van der Waals surface area contributed by atoms with Crippen molar-refractivity contribution in [2.45, 2.75) is 65.1 Å². The fraction of sp³-hybridized carbons (Fsp3) is 0.647. The lowest BCUT2D eigenvalue weighted by Gasteiger charge is -2.17. The minimum absolute atomic E-state index is 0.406. The summed E-state index contributed by atoms with van der Waals surface area (Å²) in [7, 11) is 0. The van der Waals surface area contributed by atoms with Crippen LogP contribution >= 0.6 is 0 Å². The van der Waals surface area contributed by atoms with Crippen LogP contribution in [0, 0.1) is 0 Å². The first-order valence-electron chi connectivity index (χ1n) is 7.57. The number of aliphatic hydroxyl groups is 2. The fourth-order valence-electron chi connectivity index (χ4n) is 2.10. The van der Waals surface area contributed by atoms with Gasteiger partial charge >= 0.3 is 0 Å². The lowest BCUT2D eigenvalue weighted by atomic mass is 9.96. The van der Waals surface area contributed by atoms with Crippen molar-refractivity contribution in [2.75, 3.05) is 6.61 Å². The van der Waals surface area contributed by atoms with E-state index in [1.54, 1.807) is 6.92 Å². The maximum Gasteiger partial charge on any atom is 0.122 e. The summed E-state index contributed by atoms with van der Waals surface area (Å²) >= 11 is 0. The second-order valence-electron chi connectivity index (χ2n) is 5.72. The van der Waals surface area contributed by atoms with Crippen molar-refractivity contribution >= 4 is 0 Å². The Kier molecular flexibility index (Phi) is 7.03. The molecule has 20 heavy (non-hydrogen) atoms.